The van der Waals surface area contributed by atoms with E-state index in [1.807, 2.05) is 0 Å². The van der Waals surface area contributed by atoms with Crippen LogP contribution in [0.15, 0.2) is 30.3 Å². The van der Waals surface area contributed by atoms with Crippen molar-refractivity contribution < 1.29 is 26.5 Å². The van der Waals surface area contributed by atoms with Crippen molar-refractivity contribution in [1.82, 2.24) is 0 Å². The lowest BCUT2D eigenvalue weighted by atomic mass is 9.82. The summed E-state index contributed by atoms with van der Waals surface area (Å²) in [5, 5.41) is 0. The minimum atomic E-state index is 0. The SMILES string of the molecule is CC1=[N+](CCOCC=C=O)c2ccccc2C1(C)C.[Cl-]. The first-order chi connectivity index (χ1) is 9.09. The van der Waals surface area contributed by atoms with Gasteiger partial charge in [-0.15, -0.1) is 0 Å². The number of rotatable bonds is 5. The molecule has 2 rings (SSSR count). The summed E-state index contributed by atoms with van der Waals surface area (Å²) in [6.07, 6.45) is 1.36. The lowest BCUT2D eigenvalue weighted by molar-refractivity contribution is -0.443. The summed E-state index contributed by atoms with van der Waals surface area (Å²) in [6, 6.07) is 8.49. The van der Waals surface area contributed by atoms with Crippen molar-refractivity contribution in [3.8, 4) is 0 Å². The van der Waals surface area contributed by atoms with E-state index >= 15 is 0 Å². The van der Waals surface area contributed by atoms with E-state index < -0.39 is 0 Å². The van der Waals surface area contributed by atoms with Gasteiger partial charge in [-0.05, 0) is 13.8 Å². The van der Waals surface area contributed by atoms with Crippen molar-refractivity contribution >= 4 is 17.3 Å². The molecule has 0 amide bonds. The molecule has 0 aromatic heterocycles. The second-order valence-corrected chi connectivity index (χ2v) is 5.28. The van der Waals surface area contributed by atoms with E-state index in [0.29, 0.717) is 13.2 Å². The Morgan fingerprint density at radius 3 is 2.75 bits per heavy atom. The van der Waals surface area contributed by atoms with Crippen molar-refractivity contribution in [2.24, 2.45) is 0 Å². The number of ether oxygens (including phenoxy) is 1. The Bertz CT molecular complexity index is 557. The van der Waals surface area contributed by atoms with Gasteiger partial charge in [0, 0.05) is 24.6 Å². The highest BCUT2D eigenvalue weighted by atomic mass is 35.5. The minimum absolute atomic E-state index is 0. The molecule has 0 spiro atoms. The fourth-order valence-corrected chi connectivity index (χ4v) is 2.57. The van der Waals surface area contributed by atoms with Crippen LogP contribution in [0.5, 0.6) is 0 Å². The largest absolute Gasteiger partial charge is 1.00 e. The second-order valence-electron chi connectivity index (χ2n) is 5.28. The summed E-state index contributed by atoms with van der Waals surface area (Å²) in [5.41, 5.74) is 4.03. The van der Waals surface area contributed by atoms with Crippen LogP contribution in [-0.2, 0) is 14.9 Å². The van der Waals surface area contributed by atoms with Gasteiger partial charge in [-0.1, -0.05) is 18.2 Å². The summed E-state index contributed by atoms with van der Waals surface area (Å²) < 4.78 is 7.70. The van der Waals surface area contributed by atoms with Crippen LogP contribution >= 0.6 is 0 Å². The molecule has 1 aliphatic rings. The predicted molar refractivity (Wildman–Crippen MR) is 76.0 cm³/mol. The maximum absolute atomic E-state index is 10.0. The van der Waals surface area contributed by atoms with Crippen molar-refractivity contribution in [1.29, 1.82) is 0 Å². The Morgan fingerprint density at radius 1 is 1.35 bits per heavy atom. The van der Waals surface area contributed by atoms with Crippen molar-refractivity contribution in [3.05, 3.63) is 35.9 Å². The summed E-state index contributed by atoms with van der Waals surface area (Å²) >= 11 is 0. The van der Waals surface area contributed by atoms with Crippen LogP contribution < -0.4 is 12.4 Å². The zero-order chi connectivity index (χ0) is 13.9. The van der Waals surface area contributed by atoms with Gasteiger partial charge in [0.15, 0.2) is 12.3 Å². The van der Waals surface area contributed by atoms with Crippen molar-refractivity contribution in [3.63, 3.8) is 0 Å². The molecule has 0 bridgehead atoms. The van der Waals surface area contributed by atoms with E-state index in [4.69, 9.17) is 4.74 Å². The van der Waals surface area contributed by atoms with Crippen molar-refractivity contribution in [2.75, 3.05) is 19.8 Å². The van der Waals surface area contributed by atoms with Gasteiger partial charge in [-0.2, -0.15) is 4.58 Å². The molecule has 20 heavy (non-hydrogen) atoms. The summed E-state index contributed by atoms with van der Waals surface area (Å²) in [4.78, 5) is 10.0. The van der Waals surface area contributed by atoms with E-state index in [-0.39, 0.29) is 17.8 Å². The Balaban J connectivity index is 0.00000200. The van der Waals surface area contributed by atoms with Gasteiger partial charge in [0.2, 0.25) is 5.69 Å². The lowest BCUT2D eigenvalue weighted by Gasteiger charge is -2.14. The van der Waals surface area contributed by atoms with Crippen LogP contribution in [0.2, 0.25) is 0 Å². The third kappa shape index (κ3) is 3.01. The lowest BCUT2D eigenvalue weighted by Crippen LogP contribution is -3.00. The highest BCUT2D eigenvalue weighted by molar-refractivity contribution is 5.93. The molecule has 3 nitrogen and oxygen atoms in total. The number of para-hydroxylation sites is 1. The third-order valence-corrected chi connectivity index (χ3v) is 3.92. The molecule has 0 N–H and O–H groups in total. The number of carbonyl (C=O) groups excluding carboxylic acids is 1. The average molecular weight is 294 g/mol. The molecular formula is C16H20ClNO2. The highest BCUT2D eigenvalue weighted by Gasteiger charge is 2.42. The summed E-state index contributed by atoms with van der Waals surface area (Å²) in [6.45, 7) is 8.40. The standard InChI is InChI=1S/C16H20NO2.ClH/c1-13-16(2,3)14-7-4-5-8-15(14)17(13)9-12-19-11-6-10-18;/h4-8H,9,11-12H2,1-3H3;1H/q+1;/p-1. The first kappa shape index (κ1) is 16.6. The third-order valence-electron chi connectivity index (χ3n) is 3.92. The molecule has 1 aliphatic heterocycles. The van der Waals surface area contributed by atoms with Crippen molar-refractivity contribution in [2.45, 2.75) is 26.2 Å². The zero-order valence-electron chi connectivity index (χ0n) is 12.1. The number of hydrogen-bond donors (Lipinski definition) is 0. The molecular weight excluding hydrogens is 274 g/mol. The van der Waals surface area contributed by atoms with Gasteiger partial charge in [-0.25, -0.2) is 4.79 Å². The van der Waals surface area contributed by atoms with Crippen LogP contribution in [-0.4, -0.2) is 36.0 Å². The average Bonchev–Trinajstić information content (AvgIpc) is 2.60. The first-order valence-corrected chi connectivity index (χ1v) is 6.57. The predicted octanol–water partition coefficient (Wildman–Crippen LogP) is -0.509. The quantitative estimate of drug-likeness (QED) is 0.416. The monoisotopic (exact) mass is 293 g/mol. The van der Waals surface area contributed by atoms with Gasteiger partial charge in [0.1, 0.15) is 12.5 Å². The number of nitrogens with zero attached hydrogens (tertiary/aromatic N) is 1. The molecule has 0 aliphatic carbocycles. The molecule has 0 saturated heterocycles. The fourth-order valence-electron chi connectivity index (χ4n) is 2.57. The molecule has 0 fully saturated rings. The molecule has 0 radical (unpaired) electrons. The zero-order valence-corrected chi connectivity index (χ0v) is 12.9. The molecule has 1 heterocycles. The van der Waals surface area contributed by atoms with Gasteiger partial charge in [0.05, 0.1) is 12.0 Å². The van der Waals surface area contributed by atoms with E-state index in [9.17, 15) is 4.79 Å². The maximum atomic E-state index is 10.0. The normalized spacial score (nSPS) is 15.3. The molecule has 0 atom stereocenters. The molecule has 108 valence electrons. The van der Waals surface area contributed by atoms with Gasteiger partial charge >= 0.3 is 0 Å². The number of fused-ring (bicyclic) bond motifs is 1. The van der Waals surface area contributed by atoms with E-state index in [2.05, 4.69) is 49.6 Å². The Morgan fingerprint density at radius 2 is 2.05 bits per heavy atom. The Hall–Kier alpha value is -1.41. The second kappa shape index (κ2) is 6.85. The van der Waals surface area contributed by atoms with Gasteiger partial charge in [0.25, 0.3) is 0 Å². The summed E-state index contributed by atoms with van der Waals surface area (Å²) in [7, 11) is 0. The van der Waals surface area contributed by atoms with E-state index in [1.54, 1.807) is 5.94 Å². The van der Waals surface area contributed by atoms with Gasteiger partial charge in [-0.3, -0.25) is 0 Å². The molecule has 0 unspecified atom stereocenters. The number of benzene rings is 1. The van der Waals surface area contributed by atoms with Crippen LogP contribution in [0.4, 0.5) is 5.69 Å². The molecule has 1 aromatic rings. The molecule has 4 heteroatoms. The Kier molecular flexibility index (Phi) is 5.70. The first-order valence-electron chi connectivity index (χ1n) is 6.57. The van der Waals surface area contributed by atoms with Crippen LogP contribution in [0.1, 0.15) is 26.3 Å². The maximum Gasteiger partial charge on any atom is 0.209 e. The summed E-state index contributed by atoms with van der Waals surface area (Å²) in [5.74, 6) is 1.71. The Labute approximate surface area is 126 Å². The highest BCUT2D eigenvalue weighted by Crippen LogP contribution is 2.38. The van der Waals surface area contributed by atoms with E-state index in [0.717, 1.165) is 6.54 Å². The number of halogens is 1. The van der Waals surface area contributed by atoms with Crippen LogP contribution in [0, 0.1) is 0 Å². The van der Waals surface area contributed by atoms with Gasteiger partial charge < -0.3 is 17.1 Å². The van der Waals surface area contributed by atoms with Crippen LogP contribution in [0.25, 0.3) is 0 Å². The molecule has 0 saturated carbocycles. The fraction of sp³-hybridized carbons (Fsp3) is 0.438. The van der Waals surface area contributed by atoms with E-state index in [1.165, 1.54) is 23.0 Å². The molecule has 1 aromatic carbocycles. The van der Waals surface area contributed by atoms with Crippen LogP contribution in [0.3, 0.4) is 0 Å². The number of hydrogen-bond acceptors (Lipinski definition) is 2. The smallest absolute Gasteiger partial charge is 0.209 e. The minimum Gasteiger partial charge on any atom is -1.00 e. The topological polar surface area (TPSA) is 29.3 Å².